The number of carbonyl (C=O) groups excluding carboxylic acids is 1. The summed E-state index contributed by atoms with van der Waals surface area (Å²) in [6.45, 7) is 8.70. The Morgan fingerprint density at radius 3 is 2.17 bits per heavy atom. The second-order valence-corrected chi connectivity index (χ2v) is 9.01. The summed E-state index contributed by atoms with van der Waals surface area (Å²) >= 11 is 0. The molecule has 1 aliphatic carbocycles. The number of hydrogen-bond donors (Lipinski definition) is 1. The molecule has 4 rings (SSSR count). The van der Waals surface area contributed by atoms with Gasteiger partial charge in [-0.15, -0.1) is 0 Å². The van der Waals surface area contributed by atoms with Gasteiger partial charge in [0.05, 0.1) is 24.6 Å². The summed E-state index contributed by atoms with van der Waals surface area (Å²) in [5.74, 6) is 0.748. The van der Waals surface area contributed by atoms with Gasteiger partial charge in [-0.3, -0.25) is 4.79 Å². The molecule has 3 heterocycles. The first-order valence-electron chi connectivity index (χ1n) is 11.4. The number of ether oxygens (including phenoxy) is 1. The van der Waals surface area contributed by atoms with Crippen LogP contribution in [0.1, 0.15) is 69.3 Å². The van der Waals surface area contributed by atoms with Crippen molar-refractivity contribution in [3.8, 4) is 0 Å². The number of rotatable bonds is 6. The molecule has 1 aromatic rings. The second-order valence-electron chi connectivity index (χ2n) is 9.01. The van der Waals surface area contributed by atoms with Crippen LogP contribution in [-0.4, -0.2) is 71.2 Å². The van der Waals surface area contributed by atoms with E-state index in [4.69, 9.17) is 4.74 Å². The lowest BCUT2D eigenvalue weighted by Gasteiger charge is -2.38. The van der Waals surface area contributed by atoms with Crippen molar-refractivity contribution in [2.24, 2.45) is 0 Å². The largest absolute Gasteiger partial charge is 0.375 e. The van der Waals surface area contributed by atoms with Crippen molar-refractivity contribution in [3.63, 3.8) is 0 Å². The van der Waals surface area contributed by atoms with Gasteiger partial charge in [0.2, 0.25) is 0 Å². The minimum absolute atomic E-state index is 0.107. The van der Waals surface area contributed by atoms with E-state index in [0.717, 1.165) is 70.5 Å². The van der Waals surface area contributed by atoms with Crippen molar-refractivity contribution in [2.45, 2.75) is 83.1 Å². The molecule has 7 nitrogen and oxygen atoms in total. The van der Waals surface area contributed by atoms with Crippen molar-refractivity contribution in [1.29, 1.82) is 0 Å². The third-order valence-electron chi connectivity index (χ3n) is 6.67. The van der Waals surface area contributed by atoms with Gasteiger partial charge in [0.15, 0.2) is 0 Å². The van der Waals surface area contributed by atoms with E-state index in [9.17, 15) is 4.79 Å². The summed E-state index contributed by atoms with van der Waals surface area (Å²) in [5, 5.41) is 3.01. The lowest BCUT2D eigenvalue weighted by Crippen LogP contribution is -2.44. The van der Waals surface area contributed by atoms with Crippen molar-refractivity contribution in [2.75, 3.05) is 31.1 Å². The number of likely N-dealkylation sites (tertiary alicyclic amines) is 1. The predicted octanol–water partition coefficient (Wildman–Crippen LogP) is 2.62. The molecule has 2 aliphatic heterocycles. The molecule has 0 aromatic carbocycles. The Hall–Kier alpha value is -1.73. The molecule has 160 valence electrons. The number of piperidine rings is 2. The van der Waals surface area contributed by atoms with Gasteiger partial charge in [-0.2, -0.15) is 0 Å². The SMILES string of the molecule is CC(C)N1CCC(OC2CCN(c3cnc(C(=O)NC4CCC4)cn3)CC2)CC1. The smallest absolute Gasteiger partial charge is 0.271 e. The highest BCUT2D eigenvalue weighted by molar-refractivity contribution is 5.92. The number of carbonyl (C=O) groups is 1. The van der Waals surface area contributed by atoms with Gasteiger partial charge in [0, 0.05) is 38.3 Å². The number of amides is 1. The van der Waals surface area contributed by atoms with E-state index in [0.29, 0.717) is 30.0 Å². The monoisotopic (exact) mass is 401 g/mol. The molecule has 1 amide bonds. The third kappa shape index (κ3) is 5.25. The molecule has 1 aromatic heterocycles. The Morgan fingerprint density at radius 2 is 1.66 bits per heavy atom. The third-order valence-corrected chi connectivity index (χ3v) is 6.67. The summed E-state index contributed by atoms with van der Waals surface area (Å²) in [4.78, 5) is 25.8. The van der Waals surface area contributed by atoms with Gasteiger partial charge >= 0.3 is 0 Å². The van der Waals surface area contributed by atoms with E-state index in [1.807, 2.05) is 0 Å². The van der Waals surface area contributed by atoms with Crippen LogP contribution in [-0.2, 0) is 4.74 Å². The highest BCUT2D eigenvalue weighted by atomic mass is 16.5. The number of hydrogen-bond acceptors (Lipinski definition) is 6. The number of nitrogens with one attached hydrogen (secondary N) is 1. The highest BCUT2D eigenvalue weighted by Crippen LogP contribution is 2.24. The van der Waals surface area contributed by atoms with Crippen LogP contribution >= 0.6 is 0 Å². The molecule has 3 fully saturated rings. The van der Waals surface area contributed by atoms with Crippen LogP contribution in [0.4, 0.5) is 5.82 Å². The fourth-order valence-electron chi connectivity index (χ4n) is 4.44. The summed E-state index contributed by atoms with van der Waals surface area (Å²) in [6.07, 6.45) is 11.8. The normalized spacial score (nSPS) is 22.7. The van der Waals surface area contributed by atoms with Gasteiger partial charge in [-0.1, -0.05) is 0 Å². The number of nitrogens with zero attached hydrogens (tertiary/aromatic N) is 4. The summed E-state index contributed by atoms with van der Waals surface area (Å²) in [5.41, 5.74) is 0.409. The van der Waals surface area contributed by atoms with E-state index < -0.39 is 0 Å². The first-order chi connectivity index (χ1) is 14.1. The Morgan fingerprint density at radius 1 is 1.00 bits per heavy atom. The molecular formula is C22H35N5O2. The molecule has 0 bridgehead atoms. The number of anilines is 1. The average Bonchev–Trinajstić information content (AvgIpc) is 2.72. The Labute approximate surface area is 174 Å². The van der Waals surface area contributed by atoms with E-state index >= 15 is 0 Å². The van der Waals surface area contributed by atoms with Crippen LogP contribution in [0.25, 0.3) is 0 Å². The average molecular weight is 402 g/mol. The van der Waals surface area contributed by atoms with Gasteiger partial charge in [0.25, 0.3) is 5.91 Å². The minimum Gasteiger partial charge on any atom is -0.375 e. The van der Waals surface area contributed by atoms with Crippen LogP contribution < -0.4 is 10.2 Å². The van der Waals surface area contributed by atoms with Crippen molar-refractivity contribution >= 4 is 11.7 Å². The van der Waals surface area contributed by atoms with Crippen LogP contribution in [0, 0.1) is 0 Å². The molecule has 1 saturated carbocycles. The van der Waals surface area contributed by atoms with Crippen LogP contribution in [0.5, 0.6) is 0 Å². The molecule has 7 heteroatoms. The van der Waals surface area contributed by atoms with Gasteiger partial charge in [0.1, 0.15) is 11.5 Å². The maximum atomic E-state index is 12.2. The zero-order valence-corrected chi connectivity index (χ0v) is 17.8. The van der Waals surface area contributed by atoms with E-state index in [-0.39, 0.29) is 5.91 Å². The maximum Gasteiger partial charge on any atom is 0.271 e. The first kappa shape index (κ1) is 20.5. The molecule has 2 saturated heterocycles. The van der Waals surface area contributed by atoms with Gasteiger partial charge in [-0.25, -0.2) is 9.97 Å². The van der Waals surface area contributed by atoms with Gasteiger partial charge in [-0.05, 0) is 58.8 Å². The molecular weight excluding hydrogens is 366 g/mol. The Bertz CT molecular complexity index is 660. The molecule has 0 unspecified atom stereocenters. The van der Waals surface area contributed by atoms with Crippen LogP contribution in [0.15, 0.2) is 12.4 Å². The zero-order chi connectivity index (χ0) is 20.2. The summed E-state index contributed by atoms with van der Waals surface area (Å²) < 4.78 is 6.41. The molecule has 1 N–H and O–H groups in total. The van der Waals surface area contributed by atoms with E-state index in [1.165, 1.54) is 6.42 Å². The molecule has 29 heavy (non-hydrogen) atoms. The standard InChI is InChI=1S/C22H35N5O2/c1-16(2)26-10-6-18(7-11-26)29-19-8-12-27(13-9-19)21-15-23-20(14-24-21)22(28)25-17-4-3-5-17/h14-19H,3-13H2,1-2H3,(H,25,28). The lowest BCUT2D eigenvalue weighted by atomic mass is 9.93. The first-order valence-corrected chi connectivity index (χ1v) is 11.4. The zero-order valence-electron chi connectivity index (χ0n) is 17.8. The topological polar surface area (TPSA) is 70.6 Å². The fourth-order valence-corrected chi connectivity index (χ4v) is 4.44. The van der Waals surface area contributed by atoms with Gasteiger partial charge < -0.3 is 19.9 Å². The summed E-state index contributed by atoms with van der Waals surface area (Å²) in [6, 6.07) is 0.955. The van der Waals surface area contributed by atoms with E-state index in [1.54, 1.807) is 12.4 Å². The van der Waals surface area contributed by atoms with Crippen LogP contribution in [0.2, 0.25) is 0 Å². The fraction of sp³-hybridized carbons (Fsp3) is 0.773. The molecule has 0 atom stereocenters. The molecule has 0 radical (unpaired) electrons. The lowest BCUT2D eigenvalue weighted by molar-refractivity contribution is -0.0540. The Balaban J connectivity index is 1.21. The van der Waals surface area contributed by atoms with Crippen LogP contribution in [0.3, 0.4) is 0 Å². The highest BCUT2D eigenvalue weighted by Gasteiger charge is 2.27. The minimum atomic E-state index is -0.107. The Kier molecular flexibility index (Phi) is 6.65. The number of aromatic nitrogens is 2. The molecule has 0 spiro atoms. The van der Waals surface area contributed by atoms with Crippen molar-refractivity contribution in [3.05, 3.63) is 18.1 Å². The quantitative estimate of drug-likeness (QED) is 0.790. The second kappa shape index (κ2) is 9.39. The maximum absolute atomic E-state index is 12.2. The summed E-state index contributed by atoms with van der Waals surface area (Å²) in [7, 11) is 0. The van der Waals surface area contributed by atoms with Crippen molar-refractivity contribution < 1.29 is 9.53 Å². The molecule has 3 aliphatic rings. The predicted molar refractivity (Wildman–Crippen MR) is 113 cm³/mol. The van der Waals surface area contributed by atoms with E-state index in [2.05, 4.69) is 38.9 Å². The van der Waals surface area contributed by atoms with Crippen molar-refractivity contribution in [1.82, 2.24) is 20.2 Å².